The summed E-state index contributed by atoms with van der Waals surface area (Å²) in [6.45, 7) is 5.84. The van der Waals surface area contributed by atoms with Crippen molar-refractivity contribution in [2.75, 3.05) is 0 Å². The van der Waals surface area contributed by atoms with Gasteiger partial charge in [0.05, 0.1) is 5.69 Å². The molecule has 1 atom stereocenters. The molecule has 1 unspecified atom stereocenters. The van der Waals surface area contributed by atoms with E-state index in [4.69, 9.17) is 9.84 Å². The van der Waals surface area contributed by atoms with Crippen LogP contribution in [0.1, 0.15) is 60.2 Å². The molecule has 1 aromatic heterocycles. The Balaban J connectivity index is 1.92. The molecule has 0 fully saturated rings. The average molecular weight is 462 g/mol. The molecule has 0 aliphatic heterocycles. The van der Waals surface area contributed by atoms with Crippen molar-refractivity contribution < 1.29 is 32.5 Å². The molecular weight excluding hydrogens is 437 g/mol. The minimum absolute atomic E-state index is 0.0305. The van der Waals surface area contributed by atoms with Gasteiger partial charge in [0.1, 0.15) is 11.5 Å². The molecule has 0 aliphatic carbocycles. The number of halogens is 3. The van der Waals surface area contributed by atoms with Crippen molar-refractivity contribution in [3.05, 3.63) is 76.6 Å². The van der Waals surface area contributed by atoms with Gasteiger partial charge in [-0.05, 0) is 60.2 Å². The Kier molecular flexibility index (Phi) is 7.30. The standard InChI is InChI=1S/C24H25F3N2O4/c1-14(2)22-20(13-28-29-22)23(17-5-8-18(9-6-17)33-24(25,26)27)32-19-10-4-16(15(3)12-19)7-11-21(30)31/h4-6,8-10,12-14,23H,7,11H2,1-3H3,(H,28,29)(H,30,31). The van der Waals surface area contributed by atoms with Gasteiger partial charge in [-0.3, -0.25) is 9.89 Å². The monoisotopic (exact) mass is 462 g/mol. The fourth-order valence-corrected chi connectivity index (χ4v) is 3.54. The Morgan fingerprint density at radius 1 is 1.12 bits per heavy atom. The molecule has 3 aromatic rings. The third-order valence-electron chi connectivity index (χ3n) is 5.12. The summed E-state index contributed by atoms with van der Waals surface area (Å²) >= 11 is 0. The number of carboxylic acid groups (broad SMARTS) is 1. The Labute approximate surface area is 189 Å². The average Bonchev–Trinajstić information content (AvgIpc) is 3.21. The zero-order chi connectivity index (χ0) is 24.2. The molecular formula is C24H25F3N2O4. The molecule has 2 aromatic carbocycles. The summed E-state index contributed by atoms with van der Waals surface area (Å²) in [6.07, 6.45) is -3.25. The predicted octanol–water partition coefficient (Wildman–Crippen LogP) is 5.93. The topological polar surface area (TPSA) is 84.4 Å². The van der Waals surface area contributed by atoms with Gasteiger partial charge in [-0.1, -0.05) is 32.0 Å². The number of rotatable bonds is 9. The van der Waals surface area contributed by atoms with E-state index in [1.807, 2.05) is 32.9 Å². The summed E-state index contributed by atoms with van der Waals surface area (Å²) in [6, 6.07) is 10.9. The zero-order valence-electron chi connectivity index (χ0n) is 18.4. The highest BCUT2D eigenvalue weighted by Gasteiger charge is 2.31. The van der Waals surface area contributed by atoms with Gasteiger partial charge in [0.15, 0.2) is 6.10 Å². The maximum Gasteiger partial charge on any atom is 0.573 e. The zero-order valence-corrected chi connectivity index (χ0v) is 18.4. The lowest BCUT2D eigenvalue weighted by Crippen LogP contribution is -2.17. The Hall–Kier alpha value is -3.49. The number of aromatic nitrogens is 2. The number of nitrogens with zero attached hydrogens (tertiary/aromatic N) is 1. The predicted molar refractivity (Wildman–Crippen MR) is 115 cm³/mol. The van der Waals surface area contributed by atoms with E-state index in [1.165, 1.54) is 24.3 Å². The third kappa shape index (κ3) is 6.50. The van der Waals surface area contributed by atoms with Crippen LogP contribution in [-0.2, 0) is 11.2 Å². The molecule has 0 radical (unpaired) electrons. The van der Waals surface area contributed by atoms with Crippen molar-refractivity contribution in [1.82, 2.24) is 10.2 Å². The second-order valence-electron chi connectivity index (χ2n) is 7.98. The molecule has 9 heteroatoms. The molecule has 2 N–H and O–H groups in total. The number of ether oxygens (including phenoxy) is 2. The van der Waals surface area contributed by atoms with Crippen molar-refractivity contribution in [3.63, 3.8) is 0 Å². The Bertz CT molecular complexity index is 1090. The van der Waals surface area contributed by atoms with E-state index >= 15 is 0 Å². The normalized spacial score (nSPS) is 12.6. The fraction of sp³-hybridized carbons (Fsp3) is 0.333. The first-order chi connectivity index (χ1) is 15.5. The highest BCUT2D eigenvalue weighted by molar-refractivity contribution is 5.67. The minimum atomic E-state index is -4.77. The van der Waals surface area contributed by atoms with Crippen molar-refractivity contribution in [2.24, 2.45) is 0 Å². The number of aromatic amines is 1. The van der Waals surface area contributed by atoms with E-state index in [0.717, 1.165) is 22.4 Å². The van der Waals surface area contributed by atoms with Crippen molar-refractivity contribution in [1.29, 1.82) is 0 Å². The van der Waals surface area contributed by atoms with Crippen molar-refractivity contribution in [2.45, 2.75) is 52.0 Å². The molecule has 33 heavy (non-hydrogen) atoms. The van der Waals surface area contributed by atoms with Crippen LogP contribution in [0.25, 0.3) is 0 Å². The second kappa shape index (κ2) is 9.97. The Morgan fingerprint density at radius 2 is 1.79 bits per heavy atom. The summed E-state index contributed by atoms with van der Waals surface area (Å²) in [4.78, 5) is 10.9. The van der Waals surface area contributed by atoms with Crippen LogP contribution >= 0.6 is 0 Å². The van der Waals surface area contributed by atoms with Gasteiger partial charge in [-0.2, -0.15) is 5.10 Å². The number of alkyl halides is 3. The summed E-state index contributed by atoms with van der Waals surface area (Å²) in [7, 11) is 0. The largest absolute Gasteiger partial charge is 0.573 e. The van der Waals surface area contributed by atoms with E-state index in [9.17, 15) is 18.0 Å². The van der Waals surface area contributed by atoms with Gasteiger partial charge in [0.25, 0.3) is 0 Å². The molecule has 176 valence electrons. The van der Waals surface area contributed by atoms with Crippen LogP contribution in [-0.4, -0.2) is 27.6 Å². The van der Waals surface area contributed by atoms with Gasteiger partial charge in [0, 0.05) is 18.2 Å². The lowest BCUT2D eigenvalue weighted by Gasteiger charge is -2.22. The van der Waals surface area contributed by atoms with Crippen LogP contribution in [0.5, 0.6) is 11.5 Å². The lowest BCUT2D eigenvalue weighted by atomic mass is 9.97. The summed E-state index contributed by atoms with van der Waals surface area (Å²) in [5.41, 5.74) is 3.96. The maximum atomic E-state index is 12.5. The van der Waals surface area contributed by atoms with E-state index in [-0.39, 0.29) is 18.1 Å². The quantitative estimate of drug-likeness (QED) is 0.412. The summed E-state index contributed by atoms with van der Waals surface area (Å²) in [5, 5.41) is 16.1. The minimum Gasteiger partial charge on any atom is -0.481 e. The molecule has 0 bridgehead atoms. The van der Waals surface area contributed by atoms with E-state index in [1.54, 1.807) is 12.3 Å². The van der Waals surface area contributed by atoms with Gasteiger partial charge >= 0.3 is 12.3 Å². The Morgan fingerprint density at radius 3 is 2.36 bits per heavy atom. The van der Waals surface area contributed by atoms with E-state index in [0.29, 0.717) is 17.7 Å². The third-order valence-corrected chi connectivity index (χ3v) is 5.12. The number of aryl methyl sites for hydroxylation is 2. The number of hydrogen-bond acceptors (Lipinski definition) is 4. The number of carbonyl (C=O) groups is 1. The number of nitrogens with one attached hydrogen (secondary N) is 1. The van der Waals surface area contributed by atoms with Crippen LogP contribution in [0.3, 0.4) is 0 Å². The van der Waals surface area contributed by atoms with Crippen LogP contribution in [0.15, 0.2) is 48.7 Å². The van der Waals surface area contributed by atoms with Gasteiger partial charge < -0.3 is 14.6 Å². The van der Waals surface area contributed by atoms with Crippen LogP contribution in [0.4, 0.5) is 13.2 Å². The van der Waals surface area contributed by atoms with Gasteiger partial charge in [-0.25, -0.2) is 0 Å². The molecule has 6 nitrogen and oxygen atoms in total. The molecule has 0 amide bonds. The van der Waals surface area contributed by atoms with Crippen LogP contribution in [0, 0.1) is 6.92 Å². The smallest absolute Gasteiger partial charge is 0.481 e. The highest BCUT2D eigenvalue weighted by Crippen LogP contribution is 2.34. The van der Waals surface area contributed by atoms with E-state index < -0.39 is 18.4 Å². The first-order valence-electron chi connectivity index (χ1n) is 10.4. The fourth-order valence-electron chi connectivity index (χ4n) is 3.54. The van der Waals surface area contributed by atoms with Gasteiger partial charge in [0.2, 0.25) is 0 Å². The maximum absolute atomic E-state index is 12.5. The summed E-state index contributed by atoms with van der Waals surface area (Å²) < 4.78 is 47.9. The lowest BCUT2D eigenvalue weighted by molar-refractivity contribution is -0.274. The number of H-pyrrole nitrogens is 1. The summed E-state index contributed by atoms with van der Waals surface area (Å²) in [5.74, 6) is -0.553. The number of hydrogen-bond donors (Lipinski definition) is 2. The van der Waals surface area contributed by atoms with Gasteiger partial charge in [-0.15, -0.1) is 13.2 Å². The molecule has 1 heterocycles. The number of carboxylic acids is 1. The molecule has 0 aliphatic rings. The first-order valence-corrected chi connectivity index (χ1v) is 10.4. The van der Waals surface area contributed by atoms with Crippen LogP contribution in [0.2, 0.25) is 0 Å². The SMILES string of the molecule is Cc1cc(OC(c2ccc(OC(F)(F)F)cc2)c2c[nH]nc2C(C)C)ccc1CCC(=O)O. The first kappa shape index (κ1) is 24.2. The van der Waals surface area contributed by atoms with Crippen molar-refractivity contribution in [3.8, 4) is 11.5 Å². The number of aliphatic carboxylic acids is 1. The molecule has 0 saturated carbocycles. The molecule has 3 rings (SSSR count). The van der Waals surface area contributed by atoms with Crippen LogP contribution < -0.4 is 9.47 Å². The highest BCUT2D eigenvalue weighted by atomic mass is 19.4. The molecule has 0 spiro atoms. The second-order valence-corrected chi connectivity index (χ2v) is 7.98. The van der Waals surface area contributed by atoms with E-state index in [2.05, 4.69) is 14.9 Å². The molecule has 0 saturated heterocycles. The number of benzene rings is 2. The van der Waals surface area contributed by atoms with Crippen molar-refractivity contribution >= 4 is 5.97 Å².